The molecule has 0 aliphatic rings. The molecule has 2 N–H and O–H groups in total. The van der Waals surface area contributed by atoms with Crippen LogP contribution in [-0.2, 0) is 22.9 Å². The van der Waals surface area contributed by atoms with E-state index in [-0.39, 0.29) is 6.54 Å². The minimum atomic E-state index is -3.43. The molecular formula is C16H18N4O2S2. The zero-order chi connectivity index (χ0) is 17.0. The van der Waals surface area contributed by atoms with Gasteiger partial charge in [-0.05, 0) is 23.9 Å². The summed E-state index contributed by atoms with van der Waals surface area (Å²) in [6.07, 6.45) is 1.11. The van der Waals surface area contributed by atoms with Crippen LogP contribution in [0.3, 0.4) is 0 Å². The zero-order valence-electron chi connectivity index (χ0n) is 13.2. The molecule has 0 unspecified atom stereocenters. The number of aromatic nitrogens is 3. The molecule has 126 valence electrons. The van der Waals surface area contributed by atoms with Crippen molar-refractivity contribution in [2.75, 3.05) is 6.54 Å². The topological polar surface area (TPSA) is 87.7 Å². The third-order valence-electron chi connectivity index (χ3n) is 3.47. The monoisotopic (exact) mass is 362 g/mol. The molecule has 24 heavy (non-hydrogen) atoms. The van der Waals surface area contributed by atoms with Crippen LogP contribution in [0.1, 0.15) is 22.8 Å². The van der Waals surface area contributed by atoms with Gasteiger partial charge in [-0.2, -0.15) is 5.10 Å². The molecule has 2 aromatic heterocycles. The molecule has 0 saturated heterocycles. The van der Waals surface area contributed by atoms with Gasteiger partial charge in [0.15, 0.2) is 5.82 Å². The summed E-state index contributed by atoms with van der Waals surface area (Å²) < 4.78 is 26.9. The Labute approximate surface area is 145 Å². The number of nitrogens with zero attached hydrogens (tertiary/aromatic N) is 2. The number of hydrogen-bond acceptors (Lipinski definition) is 5. The van der Waals surface area contributed by atoms with Crippen LogP contribution >= 0.6 is 11.3 Å². The van der Waals surface area contributed by atoms with E-state index in [1.54, 1.807) is 17.5 Å². The van der Waals surface area contributed by atoms with E-state index in [1.807, 2.05) is 6.92 Å². The summed E-state index contributed by atoms with van der Waals surface area (Å²) in [4.78, 5) is 4.41. The molecule has 0 fully saturated rings. The Morgan fingerprint density at radius 1 is 1.21 bits per heavy atom. The lowest BCUT2D eigenvalue weighted by Crippen LogP contribution is -2.25. The Morgan fingerprint density at radius 2 is 2.00 bits per heavy atom. The highest BCUT2D eigenvalue weighted by Gasteiger charge is 2.14. The van der Waals surface area contributed by atoms with Crippen molar-refractivity contribution in [1.82, 2.24) is 19.9 Å². The van der Waals surface area contributed by atoms with Crippen LogP contribution in [0.5, 0.6) is 0 Å². The third-order valence-corrected chi connectivity index (χ3v) is 6.33. The second-order valence-electron chi connectivity index (χ2n) is 5.44. The molecular weight excluding hydrogens is 344 g/mol. The first-order valence-corrected chi connectivity index (χ1v) is 9.88. The maximum absolute atomic E-state index is 12.0. The third kappa shape index (κ3) is 4.28. The number of benzene rings is 1. The fourth-order valence-corrected chi connectivity index (χ4v) is 4.28. The SMILES string of the molecule is Cc1ccc(Cc2nc(CCNS(=O)(=O)c3cccs3)n[nH]2)cc1. The van der Waals surface area contributed by atoms with E-state index in [1.165, 1.54) is 16.9 Å². The van der Waals surface area contributed by atoms with Crippen molar-refractivity contribution in [3.63, 3.8) is 0 Å². The fraction of sp³-hybridized carbons (Fsp3) is 0.250. The molecule has 0 atom stereocenters. The molecule has 0 saturated carbocycles. The molecule has 0 aliphatic heterocycles. The van der Waals surface area contributed by atoms with Gasteiger partial charge >= 0.3 is 0 Å². The molecule has 0 bridgehead atoms. The number of thiophene rings is 1. The first-order valence-electron chi connectivity index (χ1n) is 7.52. The minimum absolute atomic E-state index is 0.266. The molecule has 0 amide bonds. The normalized spacial score (nSPS) is 11.7. The van der Waals surface area contributed by atoms with E-state index >= 15 is 0 Å². The Morgan fingerprint density at radius 3 is 2.71 bits per heavy atom. The summed E-state index contributed by atoms with van der Waals surface area (Å²) in [6, 6.07) is 11.5. The Balaban J connectivity index is 1.54. The zero-order valence-corrected chi connectivity index (χ0v) is 14.8. The van der Waals surface area contributed by atoms with Gasteiger partial charge in [-0.25, -0.2) is 18.1 Å². The lowest BCUT2D eigenvalue weighted by atomic mass is 10.1. The average Bonchev–Trinajstić information content (AvgIpc) is 3.22. The quantitative estimate of drug-likeness (QED) is 0.675. The van der Waals surface area contributed by atoms with Gasteiger partial charge in [-0.1, -0.05) is 35.9 Å². The molecule has 3 rings (SSSR count). The standard InChI is InChI=1S/C16H18N4O2S2/c1-12-4-6-13(7-5-12)11-15-18-14(19-20-15)8-9-17-24(21,22)16-3-2-10-23-16/h2-7,10,17H,8-9,11H2,1H3,(H,18,19,20). The summed E-state index contributed by atoms with van der Waals surface area (Å²) in [5, 5.41) is 8.79. The van der Waals surface area contributed by atoms with E-state index in [0.29, 0.717) is 22.9 Å². The summed E-state index contributed by atoms with van der Waals surface area (Å²) in [5.41, 5.74) is 2.37. The van der Waals surface area contributed by atoms with Crippen LogP contribution in [0.25, 0.3) is 0 Å². The Hall–Kier alpha value is -2.03. The molecule has 0 spiro atoms. The summed E-state index contributed by atoms with van der Waals surface area (Å²) in [5.74, 6) is 1.38. The van der Waals surface area contributed by atoms with Crippen LogP contribution in [-0.4, -0.2) is 30.1 Å². The predicted molar refractivity (Wildman–Crippen MR) is 93.6 cm³/mol. The second kappa shape index (κ2) is 7.25. The highest BCUT2D eigenvalue weighted by atomic mass is 32.2. The summed E-state index contributed by atoms with van der Waals surface area (Å²) >= 11 is 1.19. The number of aromatic amines is 1. The lowest BCUT2D eigenvalue weighted by molar-refractivity contribution is 0.583. The fourth-order valence-electron chi connectivity index (χ4n) is 2.21. The van der Waals surface area contributed by atoms with Crippen LogP contribution in [0.15, 0.2) is 46.0 Å². The van der Waals surface area contributed by atoms with Crippen LogP contribution in [0.4, 0.5) is 0 Å². The number of hydrogen-bond donors (Lipinski definition) is 2. The average molecular weight is 362 g/mol. The largest absolute Gasteiger partial charge is 0.263 e. The van der Waals surface area contributed by atoms with E-state index in [9.17, 15) is 8.42 Å². The van der Waals surface area contributed by atoms with Gasteiger partial charge in [0.2, 0.25) is 10.0 Å². The minimum Gasteiger partial charge on any atom is -0.263 e. The number of aryl methyl sites for hydroxylation is 1. The maximum Gasteiger partial charge on any atom is 0.250 e. The Kier molecular flexibility index (Phi) is 5.08. The Bertz CT molecular complexity index is 885. The van der Waals surface area contributed by atoms with Gasteiger partial charge in [0.25, 0.3) is 0 Å². The molecule has 3 aromatic rings. The molecule has 0 aliphatic carbocycles. The van der Waals surface area contributed by atoms with E-state index in [4.69, 9.17) is 0 Å². The van der Waals surface area contributed by atoms with Crippen LogP contribution in [0.2, 0.25) is 0 Å². The van der Waals surface area contributed by atoms with E-state index in [0.717, 1.165) is 11.4 Å². The van der Waals surface area contributed by atoms with Crippen LogP contribution < -0.4 is 4.72 Å². The molecule has 0 radical (unpaired) electrons. The predicted octanol–water partition coefficient (Wildman–Crippen LogP) is 2.29. The first-order chi connectivity index (χ1) is 11.5. The number of H-pyrrole nitrogens is 1. The molecule has 2 heterocycles. The first kappa shape index (κ1) is 16.8. The molecule has 6 nitrogen and oxygen atoms in total. The van der Waals surface area contributed by atoms with Gasteiger partial charge in [-0.15, -0.1) is 11.3 Å². The number of sulfonamides is 1. The number of rotatable bonds is 7. The van der Waals surface area contributed by atoms with Gasteiger partial charge in [-0.3, -0.25) is 5.10 Å². The van der Waals surface area contributed by atoms with Gasteiger partial charge < -0.3 is 0 Å². The highest BCUT2D eigenvalue weighted by Crippen LogP contribution is 2.15. The molecule has 1 aromatic carbocycles. The van der Waals surface area contributed by atoms with Crippen molar-refractivity contribution in [2.24, 2.45) is 0 Å². The summed E-state index contributed by atoms with van der Waals surface area (Å²) in [7, 11) is -3.43. The van der Waals surface area contributed by atoms with Crippen molar-refractivity contribution in [3.05, 3.63) is 64.6 Å². The summed E-state index contributed by atoms with van der Waals surface area (Å²) in [6.45, 7) is 2.32. The second-order valence-corrected chi connectivity index (χ2v) is 8.38. The highest BCUT2D eigenvalue weighted by molar-refractivity contribution is 7.91. The van der Waals surface area contributed by atoms with Gasteiger partial charge in [0.05, 0.1) is 0 Å². The maximum atomic E-state index is 12.0. The molecule has 8 heteroatoms. The van der Waals surface area contributed by atoms with Gasteiger partial charge in [0.1, 0.15) is 10.0 Å². The van der Waals surface area contributed by atoms with Crippen molar-refractivity contribution < 1.29 is 8.42 Å². The van der Waals surface area contributed by atoms with Crippen molar-refractivity contribution in [2.45, 2.75) is 24.0 Å². The van der Waals surface area contributed by atoms with Gasteiger partial charge in [0, 0.05) is 19.4 Å². The van der Waals surface area contributed by atoms with E-state index in [2.05, 4.69) is 44.2 Å². The van der Waals surface area contributed by atoms with Crippen molar-refractivity contribution >= 4 is 21.4 Å². The lowest BCUT2D eigenvalue weighted by Gasteiger charge is -2.02. The van der Waals surface area contributed by atoms with E-state index < -0.39 is 10.0 Å². The van der Waals surface area contributed by atoms with Crippen molar-refractivity contribution in [3.8, 4) is 0 Å². The van der Waals surface area contributed by atoms with Crippen LogP contribution in [0, 0.1) is 6.92 Å². The van der Waals surface area contributed by atoms with Crippen molar-refractivity contribution in [1.29, 1.82) is 0 Å². The number of nitrogens with one attached hydrogen (secondary N) is 2. The smallest absolute Gasteiger partial charge is 0.250 e.